The Kier molecular flexibility index (Phi) is 4.08. The second-order valence-electron chi connectivity index (χ2n) is 6.35. The summed E-state index contributed by atoms with van der Waals surface area (Å²) < 4.78 is 0. The largest absolute Gasteiger partial charge is 0.503 e. The highest BCUT2D eigenvalue weighted by molar-refractivity contribution is 7.10. The van der Waals surface area contributed by atoms with E-state index in [0.717, 1.165) is 30.6 Å². The van der Waals surface area contributed by atoms with Crippen molar-refractivity contribution in [2.24, 2.45) is 5.92 Å². The van der Waals surface area contributed by atoms with Crippen molar-refractivity contribution in [3.05, 3.63) is 33.7 Å². The van der Waals surface area contributed by atoms with Gasteiger partial charge in [-0.25, -0.2) is 0 Å². The Bertz CT molecular complexity index is 612. The molecule has 1 aliphatic carbocycles. The molecule has 1 saturated carbocycles. The molecule has 5 heteroatoms. The maximum absolute atomic E-state index is 12.6. The molecule has 3 rings (SSSR count). The van der Waals surface area contributed by atoms with Gasteiger partial charge in [-0.1, -0.05) is 32.8 Å². The van der Waals surface area contributed by atoms with Gasteiger partial charge in [0.15, 0.2) is 11.5 Å². The van der Waals surface area contributed by atoms with Crippen LogP contribution in [0.5, 0.6) is 0 Å². The van der Waals surface area contributed by atoms with Crippen LogP contribution in [0, 0.1) is 5.92 Å². The number of aliphatic hydroxyl groups is 1. The lowest BCUT2D eigenvalue weighted by Crippen LogP contribution is -2.38. The molecular formula is C17H21NO3S. The van der Waals surface area contributed by atoms with E-state index in [-0.39, 0.29) is 35.0 Å². The highest BCUT2D eigenvalue weighted by atomic mass is 32.1. The van der Waals surface area contributed by atoms with Crippen molar-refractivity contribution in [2.75, 3.05) is 0 Å². The van der Waals surface area contributed by atoms with E-state index in [1.807, 2.05) is 17.5 Å². The molecule has 0 radical (unpaired) electrons. The summed E-state index contributed by atoms with van der Waals surface area (Å²) in [6.45, 7) is 3.60. The van der Waals surface area contributed by atoms with Gasteiger partial charge in [-0.3, -0.25) is 9.59 Å². The van der Waals surface area contributed by atoms with Crippen molar-refractivity contribution >= 4 is 23.0 Å². The zero-order chi connectivity index (χ0) is 15.9. The van der Waals surface area contributed by atoms with E-state index in [1.165, 1.54) is 11.3 Å². The fourth-order valence-electron chi connectivity index (χ4n) is 3.47. The summed E-state index contributed by atoms with van der Waals surface area (Å²) in [5, 5.41) is 12.3. The van der Waals surface area contributed by atoms with Gasteiger partial charge in [-0.15, -0.1) is 11.3 Å². The minimum Gasteiger partial charge on any atom is -0.503 e. The zero-order valence-corrected chi connectivity index (χ0v) is 13.7. The molecule has 1 fully saturated rings. The quantitative estimate of drug-likeness (QED) is 0.922. The summed E-state index contributed by atoms with van der Waals surface area (Å²) in [6, 6.07) is 3.57. The number of thiophene rings is 1. The molecule has 2 aliphatic rings. The Morgan fingerprint density at radius 3 is 2.59 bits per heavy atom. The van der Waals surface area contributed by atoms with E-state index in [9.17, 15) is 14.7 Å². The molecule has 4 nitrogen and oxygen atoms in total. The predicted octanol–water partition coefficient (Wildman–Crippen LogP) is 3.61. The van der Waals surface area contributed by atoms with Crippen LogP contribution in [0.4, 0.5) is 0 Å². The van der Waals surface area contributed by atoms with Crippen LogP contribution >= 0.6 is 11.3 Å². The van der Waals surface area contributed by atoms with Crippen LogP contribution in [-0.2, 0) is 9.59 Å². The number of rotatable bonds is 4. The molecule has 0 spiro atoms. The van der Waals surface area contributed by atoms with Crippen LogP contribution in [0.3, 0.4) is 0 Å². The summed E-state index contributed by atoms with van der Waals surface area (Å²) in [6.07, 6.45) is 4.09. The fraction of sp³-hybridized carbons (Fsp3) is 0.529. The SMILES string of the molecule is CC(C)C(=O)C1=C(O)C(=O)N(C2CCCC2)C1c1cccs1. The van der Waals surface area contributed by atoms with E-state index in [4.69, 9.17) is 0 Å². The second kappa shape index (κ2) is 5.88. The number of nitrogens with zero attached hydrogens (tertiary/aromatic N) is 1. The highest BCUT2D eigenvalue weighted by Crippen LogP contribution is 2.44. The van der Waals surface area contributed by atoms with E-state index >= 15 is 0 Å². The van der Waals surface area contributed by atoms with Crippen molar-refractivity contribution in [3.63, 3.8) is 0 Å². The average Bonchev–Trinajstić information content (AvgIpc) is 3.20. The van der Waals surface area contributed by atoms with Gasteiger partial charge in [0.05, 0.1) is 11.6 Å². The number of ketones is 1. The van der Waals surface area contributed by atoms with Crippen molar-refractivity contribution in [1.29, 1.82) is 0 Å². The average molecular weight is 319 g/mol. The van der Waals surface area contributed by atoms with Gasteiger partial charge in [0.1, 0.15) is 0 Å². The molecule has 1 N–H and O–H groups in total. The molecule has 0 saturated heterocycles. The number of carbonyl (C=O) groups is 2. The predicted molar refractivity (Wildman–Crippen MR) is 85.7 cm³/mol. The first-order valence-corrected chi connectivity index (χ1v) is 8.73. The van der Waals surface area contributed by atoms with E-state index in [2.05, 4.69) is 0 Å². The van der Waals surface area contributed by atoms with Crippen molar-refractivity contribution in [3.8, 4) is 0 Å². The molecule has 1 amide bonds. The summed E-state index contributed by atoms with van der Waals surface area (Å²) in [7, 11) is 0. The van der Waals surface area contributed by atoms with Crippen molar-refractivity contribution in [1.82, 2.24) is 4.90 Å². The number of aliphatic hydroxyl groups excluding tert-OH is 1. The third kappa shape index (κ3) is 2.37. The maximum Gasteiger partial charge on any atom is 0.290 e. The molecule has 0 bridgehead atoms. The van der Waals surface area contributed by atoms with Gasteiger partial charge in [-0.2, -0.15) is 0 Å². The Balaban J connectivity index is 2.06. The molecule has 1 aromatic heterocycles. The molecule has 1 unspecified atom stereocenters. The standard InChI is InChI=1S/C17H21NO3S/c1-10(2)15(19)13-14(12-8-5-9-22-12)18(17(21)16(13)20)11-6-3-4-7-11/h5,8-11,14,20H,3-4,6-7H2,1-2H3. The first-order valence-electron chi connectivity index (χ1n) is 7.85. The lowest BCUT2D eigenvalue weighted by molar-refractivity contribution is -0.131. The molecule has 1 aliphatic heterocycles. The Morgan fingerprint density at radius 1 is 1.36 bits per heavy atom. The summed E-state index contributed by atoms with van der Waals surface area (Å²) >= 11 is 1.53. The van der Waals surface area contributed by atoms with Crippen molar-refractivity contribution < 1.29 is 14.7 Å². The minimum atomic E-state index is -0.412. The summed E-state index contributed by atoms with van der Waals surface area (Å²) in [4.78, 5) is 27.9. The Labute approximate surface area is 134 Å². The zero-order valence-electron chi connectivity index (χ0n) is 12.9. The molecule has 22 heavy (non-hydrogen) atoms. The maximum atomic E-state index is 12.6. The number of Topliss-reactive ketones (excluding diaryl/α,β-unsaturated/α-hetero) is 1. The van der Waals surface area contributed by atoms with Crippen LogP contribution in [0.2, 0.25) is 0 Å². The third-order valence-corrected chi connectivity index (χ3v) is 5.49. The first-order chi connectivity index (χ1) is 10.5. The lowest BCUT2D eigenvalue weighted by atomic mass is 9.94. The summed E-state index contributed by atoms with van der Waals surface area (Å²) in [5.41, 5.74) is 0.286. The van der Waals surface area contributed by atoms with Gasteiger partial charge >= 0.3 is 0 Å². The first kappa shape index (κ1) is 15.3. The van der Waals surface area contributed by atoms with Gasteiger partial charge < -0.3 is 10.0 Å². The van der Waals surface area contributed by atoms with Crippen LogP contribution in [0.15, 0.2) is 28.8 Å². The van der Waals surface area contributed by atoms with Crippen LogP contribution < -0.4 is 0 Å². The number of hydrogen-bond acceptors (Lipinski definition) is 4. The third-order valence-electron chi connectivity index (χ3n) is 4.56. The summed E-state index contributed by atoms with van der Waals surface area (Å²) in [5.74, 6) is -1.10. The van der Waals surface area contributed by atoms with Crippen molar-refractivity contribution in [2.45, 2.75) is 51.6 Å². The number of carbonyl (C=O) groups excluding carboxylic acids is 2. The van der Waals surface area contributed by atoms with Gasteiger partial charge in [0.25, 0.3) is 5.91 Å². The van der Waals surface area contributed by atoms with Gasteiger partial charge in [0.2, 0.25) is 0 Å². The van der Waals surface area contributed by atoms with Gasteiger partial charge in [-0.05, 0) is 24.3 Å². The lowest BCUT2D eigenvalue weighted by Gasteiger charge is -2.31. The molecule has 1 aromatic rings. The van der Waals surface area contributed by atoms with Crippen LogP contribution in [0.25, 0.3) is 0 Å². The Morgan fingerprint density at radius 2 is 2.05 bits per heavy atom. The monoisotopic (exact) mass is 319 g/mol. The Hall–Kier alpha value is -1.62. The van der Waals surface area contributed by atoms with E-state index in [0.29, 0.717) is 0 Å². The molecule has 1 atom stereocenters. The minimum absolute atomic E-state index is 0.124. The molecule has 2 heterocycles. The molecule has 0 aromatic carbocycles. The second-order valence-corrected chi connectivity index (χ2v) is 7.33. The molecule has 118 valence electrons. The highest BCUT2D eigenvalue weighted by Gasteiger charge is 2.47. The smallest absolute Gasteiger partial charge is 0.290 e. The number of amides is 1. The van der Waals surface area contributed by atoms with E-state index in [1.54, 1.807) is 18.7 Å². The number of hydrogen-bond donors (Lipinski definition) is 1. The fourth-order valence-corrected chi connectivity index (χ4v) is 4.30. The normalized spacial score (nSPS) is 23.1. The van der Waals surface area contributed by atoms with Crippen LogP contribution in [-0.4, -0.2) is 27.7 Å². The topological polar surface area (TPSA) is 57.6 Å². The van der Waals surface area contributed by atoms with Crippen LogP contribution in [0.1, 0.15) is 50.4 Å². The molecular weight excluding hydrogens is 298 g/mol. The van der Waals surface area contributed by atoms with E-state index < -0.39 is 6.04 Å². The van der Waals surface area contributed by atoms with Gasteiger partial charge in [0, 0.05) is 16.8 Å².